The molecule has 150 valence electrons. The van der Waals surface area contributed by atoms with Gasteiger partial charge >= 0.3 is 0 Å². The van der Waals surface area contributed by atoms with Crippen LogP contribution in [0.25, 0.3) is 11.3 Å². The largest absolute Gasteiger partial charge is 0.355 e. The van der Waals surface area contributed by atoms with Gasteiger partial charge in [-0.05, 0) is 43.9 Å². The Kier molecular flexibility index (Phi) is 6.64. The van der Waals surface area contributed by atoms with Gasteiger partial charge in [-0.1, -0.05) is 41.0 Å². The van der Waals surface area contributed by atoms with E-state index in [1.807, 2.05) is 38.4 Å². The van der Waals surface area contributed by atoms with Crippen molar-refractivity contribution in [3.05, 3.63) is 70.9 Å². The average Bonchev–Trinajstić information content (AvgIpc) is 3.16. The van der Waals surface area contributed by atoms with E-state index < -0.39 is 0 Å². The van der Waals surface area contributed by atoms with Gasteiger partial charge in [0, 0.05) is 28.9 Å². The van der Waals surface area contributed by atoms with Crippen molar-refractivity contribution < 1.29 is 14.1 Å². The molecule has 0 fully saturated rings. The second-order valence-corrected chi connectivity index (χ2v) is 7.19. The molecule has 0 saturated heterocycles. The van der Waals surface area contributed by atoms with Crippen LogP contribution in [0.3, 0.4) is 0 Å². The first-order valence-corrected chi connectivity index (χ1v) is 9.33. The molecule has 0 bridgehead atoms. The fourth-order valence-electron chi connectivity index (χ4n) is 2.68. The Balaban J connectivity index is 1.60. The molecule has 0 spiro atoms. The number of carbonyl (C=O) groups is 2. The van der Waals surface area contributed by atoms with Crippen molar-refractivity contribution in [2.45, 2.75) is 6.54 Å². The average molecular weight is 413 g/mol. The SMILES string of the molecule is CN(C)CC(=O)Nc1cccc(CNC(=O)c2cc(-c3cccc(Cl)c3)on2)c1. The third kappa shape index (κ3) is 5.91. The first-order valence-electron chi connectivity index (χ1n) is 8.95. The highest BCUT2D eigenvalue weighted by molar-refractivity contribution is 6.30. The number of anilines is 1. The molecule has 3 rings (SSSR count). The van der Waals surface area contributed by atoms with E-state index in [-0.39, 0.29) is 24.1 Å². The predicted molar refractivity (Wildman–Crippen MR) is 112 cm³/mol. The lowest BCUT2D eigenvalue weighted by atomic mass is 10.1. The van der Waals surface area contributed by atoms with E-state index in [2.05, 4.69) is 15.8 Å². The Labute approximate surface area is 173 Å². The summed E-state index contributed by atoms with van der Waals surface area (Å²) in [6.07, 6.45) is 0. The molecule has 0 atom stereocenters. The lowest BCUT2D eigenvalue weighted by Crippen LogP contribution is -2.27. The quantitative estimate of drug-likeness (QED) is 0.620. The molecule has 7 nitrogen and oxygen atoms in total. The van der Waals surface area contributed by atoms with E-state index in [0.29, 0.717) is 23.0 Å². The molecule has 0 aliphatic heterocycles. The second kappa shape index (κ2) is 9.36. The zero-order valence-corrected chi connectivity index (χ0v) is 16.9. The summed E-state index contributed by atoms with van der Waals surface area (Å²) in [5, 5.41) is 10.0. The van der Waals surface area contributed by atoms with Crippen LogP contribution in [0, 0.1) is 0 Å². The van der Waals surface area contributed by atoms with Crippen LogP contribution in [0.2, 0.25) is 5.02 Å². The summed E-state index contributed by atoms with van der Waals surface area (Å²) in [5.74, 6) is -0.000320. The third-order valence-corrected chi connectivity index (χ3v) is 4.21. The number of hydrogen-bond acceptors (Lipinski definition) is 5. The van der Waals surface area contributed by atoms with Gasteiger partial charge in [-0.3, -0.25) is 9.59 Å². The molecule has 2 amide bonds. The Morgan fingerprint density at radius 1 is 1.10 bits per heavy atom. The number of aromatic nitrogens is 1. The van der Waals surface area contributed by atoms with Crippen LogP contribution >= 0.6 is 11.6 Å². The minimum Gasteiger partial charge on any atom is -0.355 e. The Morgan fingerprint density at radius 2 is 1.90 bits per heavy atom. The normalized spacial score (nSPS) is 10.8. The highest BCUT2D eigenvalue weighted by atomic mass is 35.5. The van der Waals surface area contributed by atoms with Gasteiger partial charge in [0.2, 0.25) is 5.91 Å². The minimum absolute atomic E-state index is 0.104. The van der Waals surface area contributed by atoms with Crippen molar-refractivity contribution in [3.63, 3.8) is 0 Å². The first kappa shape index (κ1) is 20.6. The molecule has 0 aliphatic rings. The zero-order chi connectivity index (χ0) is 20.8. The minimum atomic E-state index is -0.357. The molecule has 29 heavy (non-hydrogen) atoms. The Morgan fingerprint density at radius 3 is 2.66 bits per heavy atom. The number of nitrogens with zero attached hydrogens (tertiary/aromatic N) is 2. The van der Waals surface area contributed by atoms with Gasteiger partial charge in [-0.25, -0.2) is 0 Å². The van der Waals surface area contributed by atoms with Gasteiger partial charge in [0.05, 0.1) is 6.54 Å². The van der Waals surface area contributed by atoms with Crippen molar-refractivity contribution in [1.82, 2.24) is 15.4 Å². The number of rotatable bonds is 7. The molecule has 8 heteroatoms. The van der Waals surface area contributed by atoms with Crippen molar-refractivity contribution in [1.29, 1.82) is 0 Å². The van der Waals surface area contributed by atoms with Gasteiger partial charge in [0.25, 0.3) is 5.91 Å². The van der Waals surface area contributed by atoms with Crippen LogP contribution in [0.5, 0.6) is 0 Å². The van der Waals surface area contributed by atoms with E-state index in [0.717, 1.165) is 11.1 Å². The maximum Gasteiger partial charge on any atom is 0.273 e. The van der Waals surface area contributed by atoms with Crippen LogP contribution in [0.4, 0.5) is 5.69 Å². The van der Waals surface area contributed by atoms with Gasteiger partial charge in [0.15, 0.2) is 11.5 Å². The summed E-state index contributed by atoms with van der Waals surface area (Å²) < 4.78 is 5.25. The van der Waals surface area contributed by atoms with Crippen molar-refractivity contribution >= 4 is 29.1 Å². The first-order chi connectivity index (χ1) is 13.9. The van der Waals surface area contributed by atoms with E-state index in [1.54, 1.807) is 35.2 Å². The molecule has 1 heterocycles. The lowest BCUT2D eigenvalue weighted by Gasteiger charge is -2.11. The molecule has 1 aromatic heterocycles. The summed E-state index contributed by atoms with van der Waals surface area (Å²) in [5.41, 5.74) is 2.44. The van der Waals surface area contributed by atoms with Crippen molar-refractivity contribution in [2.75, 3.05) is 26.0 Å². The fraction of sp³-hybridized carbons (Fsp3) is 0.190. The summed E-state index contributed by atoms with van der Waals surface area (Å²) in [6.45, 7) is 0.581. The molecular weight excluding hydrogens is 392 g/mol. The predicted octanol–water partition coefficient (Wildman–Crippen LogP) is 3.43. The molecule has 2 aromatic carbocycles. The number of hydrogen-bond donors (Lipinski definition) is 2. The van der Waals surface area contributed by atoms with Gasteiger partial charge < -0.3 is 20.1 Å². The standard InChI is InChI=1S/C21H21ClN4O3/c1-26(2)13-20(27)24-17-8-3-5-14(9-17)12-23-21(28)18-11-19(29-25-18)15-6-4-7-16(22)10-15/h3-11H,12-13H2,1-2H3,(H,23,28)(H,24,27). The van der Waals surface area contributed by atoms with Crippen molar-refractivity contribution in [3.8, 4) is 11.3 Å². The highest BCUT2D eigenvalue weighted by Crippen LogP contribution is 2.23. The maximum atomic E-state index is 12.4. The fourth-order valence-corrected chi connectivity index (χ4v) is 2.87. The Hall–Kier alpha value is -3.16. The summed E-state index contributed by atoms with van der Waals surface area (Å²) in [4.78, 5) is 26.0. The monoisotopic (exact) mass is 412 g/mol. The van der Waals surface area contributed by atoms with E-state index in [4.69, 9.17) is 16.1 Å². The summed E-state index contributed by atoms with van der Waals surface area (Å²) in [7, 11) is 3.65. The summed E-state index contributed by atoms with van der Waals surface area (Å²) in [6, 6.07) is 16.0. The van der Waals surface area contributed by atoms with E-state index in [1.165, 1.54) is 0 Å². The maximum absolute atomic E-state index is 12.4. The van der Waals surface area contributed by atoms with Gasteiger partial charge in [-0.15, -0.1) is 0 Å². The zero-order valence-electron chi connectivity index (χ0n) is 16.1. The molecular formula is C21H21ClN4O3. The molecule has 2 N–H and O–H groups in total. The van der Waals surface area contributed by atoms with Crippen LogP contribution in [0.1, 0.15) is 16.1 Å². The number of likely N-dealkylation sites (N-methyl/N-ethyl adjacent to an activating group) is 1. The number of carbonyl (C=O) groups excluding carboxylic acids is 2. The summed E-state index contributed by atoms with van der Waals surface area (Å²) >= 11 is 5.98. The lowest BCUT2D eigenvalue weighted by molar-refractivity contribution is -0.116. The smallest absolute Gasteiger partial charge is 0.273 e. The number of benzene rings is 2. The molecule has 0 radical (unpaired) electrons. The molecule has 3 aromatic rings. The van der Waals surface area contributed by atoms with E-state index >= 15 is 0 Å². The van der Waals surface area contributed by atoms with Gasteiger partial charge in [-0.2, -0.15) is 0 Å². The molecule has 0 aliphatic carbocycles. The highest BCUT2D eigenvalue weighted by Gasteiger charge is 2.14. The van der Waals surface area contributed by atoms with E-state index in [9.17, 15) is 9.59 Å². The van der Waals surface area contributed by atoms with Crippen LogP contribution in [0.15, 0.2) is 59.1 Å². The third-order valence-electron chi connectivity index (χ3n) is 3.98. The van der Waals surface area contributed by atoms with Crippen LogP contribution in [-0.4, -0.2) is 42.5 Å². The molecule has 0 saturated carbocycles. The van der Waals surface area contributed by atoms with Crippen LogP contribution in [-0.2, 0) is 11.3 Å². The topological polar surface area (TPSA) is 87.5 Å². The van der Waals surface area contributed by atoms with Crippen LogP contribution < -0.4 is 10.6 Å². The number of nitrogens with one attached hydrogen (secondary N) is 2. The second-order valence-electron chi connectivity index (χ2n) is 6.76. The number of amides is 2. The Bertz CT molecular complexity index is 1020. The number of halogens is 1. The molecule has 0 unspecified atom stereocenters. The van der Waals surface area contributed by atoms with Crippen molar-refractivity contribution in [2.24, 2.45) is 0 Å². The van der Waals surface area contributed by atoms with Gasteiger partial charge in [0.1, 0.15) is 0 Å².